The molecule has 0 spiro atoms. The van der Waals surface area contributed by atoms with Crippen LogP contribution in [-0.2, 0) is 9.84 Å². The molecule has 1 aliphatic rings. The van der Waals surface area contributed by atoms with E-state index in [9.17, 15) is 8.42 Å². The lowest BCUT2D eigenvalue weighted by atomic mass is 10.0. The van der Waals surface area contributed by atoms with Crippen LogP contribution in [0.3, 0.4) is 0 Å². The van der Waals surface area contributed by atoms with Crippen LogP contribution in [0.15, 0.2) is 0 Å². The van der Waals surface area contributed by atoms with E-state index in [0.717, 1.165) is 19.5 Å². The van der Waals surface area contributed by atoms with Gasteiger partial charge in [0.1, 0.15) is 9.84 Å². The Bertz CT molecular complexity index is 283. The molecule has 0 atom stereocenters. The van der Waals surface area contributed by atoms with Crippen molar-refractivity contribution < 1.29 is 13.5 Å². The van der Waals surface area contributed by atoms with E-state index < -0.39 is 9.84 Å². The number of rotatable bonds is 8. The normalized spacial score (nSPS) is 19.1. The highest BCUT2D eigenvalue weighted by atomic mass is 32.2. The third kappa shape index (κ3) is 5.49. The molecule has 0 heterocycles. The lowest BCUT2D eigenvalue weighted by Crippen LogP contribution is -2.26. The van der Waals surface area contributed by atoms with Gasteiger partial charge in [0.05, 0.1) is 5.75 Å². The van der Waals surface area contributed by atoms with Crippen molar-refractivity contribution >= 4 is 9.84 Å². The van der Waals surface area contributed by atoms with Gasteiger partial charge in [0.2, 0.25) is 0 Å². The van der Waals surface area contributed by atoms with E-state index in [1.165, 1.54) is 19.1 Å². The lowest BCUT2D eigenvalue weighted by Gasteiger charge is -2.14. The zero-order chi connectivity index (χ0) is 11.4. The maximum Gasteiger partial charge on any atom is 0.147 e. The Kier molecular flexibility index (Phi) is 4.55. The minimum Gasteiger partial charge on any atom is -0.396 e. The molecule has 0 aliphatic heterocycles. The Balaban J connectivity index is 2.02. The number of nitrogens with one attached hydrogen (secondary N) is 1. The summed E-state index contributed by atoms with van der Waals surface area (Å²) in [7, 11) is -2.81. The third-order valence-electron chi connectivity index (χ3n) is 2.97. The summed E-state index contributed by atoms with van der Waals surface area (Å²) in [5, 5.41) is 12.1. The fourth-order valence-electron chi connectivity index (χ4n) is 1.74. The summed E-state index contributed by atoms with van der Waals surface area (Å²) in [5.41, 5.74) is 0.319. The zero-order valence-corrected chi connectivity index (χ0v) is 10.1. The standard InChI is InChI=1S/C10H21NO3S/c1-15(13,14)8-2-6-11-9-10(3-4-10)5-7-12/h11-12H,2-9H2,1H3. The average Bonchev–Trinajstić information content (AvgIpc) is 2.83. The molecule has 90 valence electrons. The predicted molar refractivity (Wildman–Crippen MR) is 60.6 cm³/mol. The molecule has 0 aromatic heterocycles. The summed E-state index contributed by atoms with van der Waals surface area (Å²) in [4.78, 5) is 0. The van der Waals surface area contributed by atoms with Crippen LogP contribution in [0.1, 0.15) is 25.7 Å². The Hall–Kier alpha value is -0.130. The van der Waals surface area contributed by atoms with Gasteiger partial charge < -0.3 is 10.4 Å². The summed E-state index contributed by atoms with van der Waals surface area (Å²) >= 11 is 0. The molecule has 2 N–H and O–H groups in total. The quantitative estimate of drug-likeness (QED) is 0.589. The first kappa shape index (κ1) is 12.9. The molecule has 0 unspecified atom stereocenters. The van der Waals surface area contributed by atoms with E-state index in [1.807, 2.05) is 0 Å². The van der Waals surface area contributed by atoms with E-state index in [-0.39, 0.29) is 12.4 Å². The average molecular weight is 235 g/mol. The number of hydrogen-bond acceptors (Lipinski definition) is 4. The largest absolute Gasteiger partial charge is 0.396 e. The molecule has 0 aromatic carbocycles. The molecule has 15 heavy (non-hydrogen) atoms. The minimum absolute atomic E-state index is 0.255. The topological polar surface area (TPSA) is 66.4 Å². The van der Waals surface area contributed by atoms with E-state index in [4.69, 9.17) is 5.11 Å². The van der Waals surface area contributed by atoms with E-state index >= 15 is 0 Å². The van der Waals surface area contributed by atoms with Crippen molar-refractivity contribution in [3.63, 3.8) is 0 Å². The zero-order valence-electron chi connectivity index (χ0n) is 9.33. The highest BCUT2D eigenvalue weighted by molar-refractivity contribution is 7.90. The van der Waals surface area contributed by atoms with Gasteiger partial charge in [-0.3, -0.25) is 0 Å². The SMILES string of the molecule is CS(=O)(=O)CCCNCC1(CCO)CC1. The number of aliphatic hydroxyl groups excluding tert-OH is 1. The van der Waals surface area contributed by atoms with Crippen molar-refractivity contribution in [2.24, 2.45) is 5.41 Å². The van der Waals surface area contributed by atoms with E-state index in [1.54, 1.807) is 0 Å². The van der Waals surface area contributed by atoms with Crippen molar-refractivity contribution in [2.45, 2.75) is 25.7 Å². The first-order valence-electron chi connectivity index (χ1n) is 5.47. The lowest BCUT2D eigenvalue weighted by molar-refractivity contribution is 0.245. The van der Waals surface area contributed by atoms with Gasteiger partial charge in [-0.1, -0.05) is 0 Å². The van der Waals surface area contributed by atoms with Crippen LogP contribution in [0.2, 0.25) is 0 Å². The Morgan fingerprint density at radius 1 is 1.40 bits per heavy atom. The highest BCUT2D eigenvalue weighted by Gasteiger charge is 2.41. The van der Waals surface area contributed by atoms with Crippen molar-refractivity contribution in [2.75, 3.05) is 31.7 Å². The fourth-order valence-corrected chi connectivity index (χ4v) is 2.41. The molecule has 4 nitrogen and oxygen atoms in total. The second kappa shape index (κ2) is 5.27. The Morgan fingerprint density at radius 2 is 2.07 bits per heavy atom. The molecular formula is C10H21NO3S. The van der Waals surface area contributed by atoms with Crippen molar-refractivity contribution in [3.8, 4) is 0 Å². The number of sulfone groups is 1. The molecule has 0 bridgehead atoms. The van der Waals surface area contributed by atoms with Crippen molar-refractivity contribution in [1.82, 2.24) is 5.32 Å². The minimum atomic E-state index is -2.81. The second-order valence-electron chi connectivity index (χ2n) is 4.63. The molecule has 0 radical (unpaired) electrons. The highest BCUT2D eigenvalue weighted by Crippen LogP contribution is 2.47. The van der Waals surface area contributed by atoms with Crippen molar-refractivity contribution in [3.05, 3.63) is 0 Å². The molecule has 0 amide bonds. The van der Waals surface area contributed by atoms with Crippen LogP contribution in [0.5, 0.6) is 0 Å². The molecule has 1 saturated carbocycles. The molecular weight excluding hydrogens is 214 g/mol. The molecule has 5 heteroatoms. The van der Waals surface area contributed by atoms with Gasteiger partial charge in [-0.15, -0.1) is 0 Å². The molecule has 1 aliphatic carbocycles. The Morgan fingerprint density at radius 3 is 2.53 bits per heavy atom. The fraction of sp³-hybridized carbons (Fsp3) is 1.00. The van der Waals surface area contributed by atoms with Gasteiger partial charge >= 0.3 is 0 Å². The first-order valence-corrected chi connectivity index (χ1v) is 7.53. The molecule has 0 saturated heterocycles. The van der Waals surface area contributed by atoms with E-state index in [2.05, 4.69) is 5.32 Å². The van der Waals surface area contributed by atoms with Crippen molar-refractivity contribution in [1.29, 1.82) is 0 Å². The summed E-state index contributed by atoms with van der Waals surface area (Å²) < 4.78 is 21.7. The van der Waals surface area contributed by atoms with Gasteiger partial charge in [-0.05, 0) is 37.6 Å². The van der Waals surface area contributed by atoms with Gasteiger partial charge in [-0.2, -0.15) is 0 Å². The number of hydrogen-bond donors (Lipinski definition) is 2. The van der Waals surface area contributed by atoms with Crippen LogP contribution in [-0.4, -0.2) is 45.2 Å². The maximum absolute atomic E-state index is 10.8. The monoisotopic (exact) mass is 235 g/mol. The predicted octanol–water partition coefficient (Wildman–Crippen LogP) is 0.173. The second-order valence-corrected chi connectivity index (χ2v) is 6.89. The Labute approximate surface area is 92.0 Å². The van der Waals surface area contributed by atoms with Gasteiger partial charge in [0.25, 0.3) is 0 Å². The van der Waals surface area contributed by atoms with Crippen LogP contribution in [0.4, 0.5) is 0 Å². The summed E-state index contributed by atoms with van der Waals surface area (Å²) in [6.45, 7) is 1.92. The van der Waals surface area contributed by atoms with Crippen LogP contribution in [0.25, 0.3) is 0 Å². The van der Waals surface area contributed by atoms with Gasteiger partial charge in [-0.25, -0.2) is 8.42 Å². The van der Waals surface area contributed by atoms with Crippen LogP contribution >= 0.6 is 0 Å². The van der Waals surface area contributed by atoms with Crippen LogP contribution < -0.4 is 5.32 Å². The molecule has 1 rings (SSSR count). The number of aliphatic hydroxyl groups is 1. The van der Waals surface area contributed by atoms with Gasteiger partial charge in [0, 0.05) is 19.4 Å². The van der Waals surface area contributed by atoms with Crippen LogP contribution in [0, 0.1) is 5.41 Å². The smallest absolute Gasteiger partial charge is 0.147 e. The third-order valence-corrected chi connectivity index (χ3v) is 4.00. The van der Waals surface area contributed by atoms with E-state index in [0.29, 0.717) is 11.8 Å². The summed E-state index contributed by atoms with van der Waals surface area (Å²) in [6, 6.07) is 0. The van der Waals surface area contributed by atoms with Gasteiger partial charge in [0.15, 0.2) is 0 Å². The maximum atomic E-state index is 10.8. The summed E-state index contributed by atoms with van der Waals surface area (Å²) in [5.74, 6) is 0.257. The first-order chi connectivity index (χ1) is 6.97. The summed E-state index contributed by atoms with van der Waals surface area (Å²) in [6.07, 6.45) is 5.18. The molecule has 0 aromatic rings. The molecule has 1 fully saturated rings.